The van der Waals surface area contributed by atoms with Crippen molar-refractivity contribution in [3.05, 3.63) is 65.0 Å². The van der Waals surface area contributed by atoms with Crippen molar-refractivity contribution in [2.24, 2.45) is 17.8 Å². The lowest BCUT2D eigenvalue weighted by atomic mass is 9.74. The minimum Gasteiger partial charge on any atom is -0.429 e. The molecule has 0 spiro atoms. The van der Waals surface area contributed by atoms with Gasteiger partial charge in [0.2, 0.25) is 0 Å². The molecule has 0 atom stereocenters. The Morgan fingerprint density at radius 1 is 0.711 bits per heavy atom. The van der Waals surface area contributed by atoms with E-state index >= 15 is 0 Å². The van der Waals surface area contributed by atoms with E-state index in [1.165, 1.54) is 89.2 Å². The van der Waals surface area contributed by atoms with E-state index in [1.807, 2.05) is 0 Å². The third-order valence-corrected chi connectivity index (χ3v) is 8.93. The van der Waals surface area contributed by atoms with E-state index in [9.17, 15) is 22.0 Å². The SMILES string of the molecule is CCCCC[C@H]1CC[C@H](CC[C@H]2CC[C@H](c3ccc(C(F)(F)Oc4cc(F)c(F)c(F)c4)cc3)CC2)CC1. The molecule has 0 aliphatic heterocycles. The zero-order valence-electron chi connectivity index (χ0n) is 22.5. The van der Waals surface area contributed by atoms with E-state index in [4.69, 9.17) is 0 Å². The lowest BCUT2D eigenvalue weighted by Crippen LogP contribution is -2.22. The predicted octanol–water partition coefficient (Wildman–Crippen LogP) is 10.7. The van der Waals surface area contributed by atoms with Crippen LogP contribution in [-0.2, 0) is 6.11 Å². The molecular weight excluding hydrogens is 495 g/mol. The molecule has 38 heavy (non-hydrogen) atoms. The van der Waals surface area contributed by atoms with Gasteiger partial charge < -0.3 is 4.74 Å². The van der Waals surface area contributed by atoms with Crippen molar-refractivity contribution >= 4 is 0 Å². The van der Waals surface area contributed by atoms with E-state index in [1.54, 1.807) is 12.1 Å². The van der Waals surface area contributed by atoms with Gasteiger partial charge in [-0.2, -0.15) is 8.78 Å². The summed E-state index contributed by atoms with van der Waals surface area (Å²) < 4.78 is 73.6. The third-order valence-electron chi connectivity index (χ3n) is 8.93. The summed E-state index contributed by atoms with van der Waals surface area (Å²) in [6, 6.07) is 6.83. The molecule has 2 aliphatic rings. The Morgan fingerprint density at radius 2 is 1.21 bits per heavy atom. The summed E-state index contributed by atoms with van der Waals surface area (Å²) in [5.74, 6) is -2.67. The van der Waals surface area contributed by atoms with Crippen molar-refractivity contribution < 1.29 is 26.7 Å². The molecule has 0 unspecified atom stereocenters. The number of unbranched alkanes of at least 4 members (excludes halogenated alkanes) is 2. The zero-order chi connectivity index (χ0) is 27.1. The molecular formula is C32H41F5O. The van der Waals surface area contributed by atoms with E-state index < -0.39 is 34.9 Å². The van der Waals surface area contributed by atoms with Gasteiger partial charge in [0.1, 0.15) is 5.75 Å². The highest BCUT2D eigenvalue weighted by atomic mass is 19.3. The van der Waals surface area contributed by atoms with Crippen LogP contribution in [0.3, 0.4) is 0 Å². The summed E-state index contributed by atoms with van der Waals surface area (Å²) in [5, 5.41) is 0. The maximum Gasteiger partial charge on any atom is 0.426 e. The second-order valence-corrected chi connectivity index (χ2v) is 11.6. The lowest BCUT2D eigenvalue weighted by Gasteiger charge is -2.32. The molecule has 0 heterocycles. The van der Waals surface area contributed by atoms with Crippen LogP contribution in [0.15, 0.2) is 36.4 Å². The van der Waals surface area contributed by atoms with Gasteiger partial charge in [-0.3, -0.25) is 0 Å². The van der Waals surface area contributed by atoms with Crippen LogP contribution in [0.5, 0.6) is 5.75 Å². The maximum absolute atomic E-state index is 14.6. The Hall–Kier alpha value is -2.11. The molecule has 2 aromatic carbocycles. The first-order valence-corrected chi connectivity index (χ1v) is 14.6. The van der Waals surface area contributed by atoms with Gasteiger partial charge in [0.25, 0.3) is 0 Å². The van der Waals surface area contributed by atoms with E-state index in [0.717, 1.165) is 36.2 Å². The number of alkyl halides is 2. The quantitative estimate of drug-likeness (QED) is 0.158. The topological polar surface area (TPSA) is 9.23 Å². The van der Waals surface area contributed by atoms with Gasteiger partial charge in [-0.25, -0.2) is 13.2 Å². The lowest BCUT2D eigenvalue weighted by molar-refractivity contribution is -0.185. The molecule has 0 saturated heterocycles. The van der Waals surface area contributed by atoms with E-state index in [0.29, 0.717) is 18.1 Å². The van der Waals surface area contributed by atoms with Gasteiger partial charge in [-0.15, -0.1) is 0 Å². The van der Waals surface area contributed by atoms with Gasteiger partial charge in [-0.1, -0.05) is 83.3 Å². The summed E-state index contributed by atoms with van der Waals surface area (Å²) in [7, 11) is 0. The van der Waals surface area contributed by atoms with Crippen molar-refractivity contribution in [3.63, 3.8) is 0 Å². The van der Waals surface area contributed by atoms with Crippen molar-refractivity contribution in [2.45, 2.75) is 109 Å². The maximum atomic E-state index is 14.6. The van der Waals surface area contributed by atoms with Crippen molar-refractivity contribution in [2.75, 3.05) is 0 Å². The first-order valence-electron chi connectivity index (χ1n) is 14.6. The number of ether oxygens (including phenoxy) is 1. The molecule has 0 bridgehead atoms. The molecule has 6 heteroatoms. The van der Waals surface area contributed by atoms with Crippen LogP contribution in [0.25, 0.3) is 0 Å². The highest BCUT2D eigenvalue weighted by Gasteiger charge is 2.35. The van der Waals surface area contributed by atoms with Crippen LogP contribution in [-0.4, -0.2) is 0 Å². The van der Waals surface area contributed by atoms with Crippen molar-refractivity contribution in [1.29, 1.82) is 0 Å². The largest absolute Gasteiger partial charge is 0.429 e. The Kier molecular flexibility index (Phi) is 10.1. The van der Waals surface area contributed by atoms with Crippen LogP contribution >= 0.6 is 0 Å². The first-order chi connectivity index (χ1) is 18.2. The van der Waals surface area contributed by atoms with Crippen LogP contribution in [0.4, 0.5) is 22.0 Å². The van der Waals surface area contributed by atoms with Gasteiger partial charge in [0.05, 0.1) is 5.56 Å². The fraction of sp³-hybridized carbons (Fsp3) is 0.625. The molecule has 0 radical (unpaired) electrons. The zero-order valence-corrected chi connectivity index (χ0v) is 22.5. The predicted molar refractivity (Wildman–Crippen MR) is 141 cm³/mol. The standard InChI is InChI=1S/C32H41F5O/c1-2-3-4-5-22-6-8-23(9-7-22)10-11-24-12-14-25(15-13-24)26-16-18-27(19-17-26)32(36,37)38-28-20-29(33)31(35)30(34)21-28/h16-25H,2-15H2,1H3/t22-,23-,24-,25-. The molecule has 1 nitrogen and oxygen atoms in total. The molecule has 0 N–H and O–H groups in total. The average Bonchev–Trinajstić information content (AvgIpc) is 2.91. The fourth-order valence-corrected chi connectivity index (χ4v) is 6.50. The summed E-state index contributed by atoms with van der Waals surface area (Å²) in [4.78, 5) is 0. The average molecular weight is 537 g/mol. The molecule has 4 rings (SSSR count). The van der Waals surface area contributed by atoms with Crippen molar-refractivity contribution in [3.8, 4) is 5.75 Å². The van der Waals surface area contributed by atoms with E-state index in [2.05, 4.69) is 11.7 Å². The second kappa shape index (κ2) is 13.3. The van der Waals surface area contributed by atoms with E-state index in [-0.39, 0.29) is 0 Å². The minimum atomic E-state index is -3.80. The van der Waals surface area contributed by atoms with Crippen LogP contribution < -0.4 is 4.74 Å². The molecule has 2 aromatic rings. The molecule has 2 aliphatic carbocycles. The minimum absolute atomic E-state index is 0.355. The van der Waals surface area contributed by atoms with Gasteiger partial charge in [0.15, 0.2) is 17.5 Å². The summed E-state index contributed by atoms with van der Waals surface area (Å²) in [6.45, 7) is 2.27. The number of halogens is 5. The highest BCUT2D eigenvalue weighted by Crippen LogP contribution is 2.41. The fourth-order valence-electron chi connectivity index (χ4n) is 6.50. The number of hydrogen-bond acceptors (Lipinski definition) is 1. The highest BCUT2D eigenvalue weighted by molar-refractivity contribution is 5.30. The Morgan fingerprint density at radius 3 is 1.74 bits per heavy atom. The molecule has 2 fully saturated rings. The summed E-state index contributed by atoms with van der Waals surface area (Å²) in [6.07, 6.45) is 14.5. The smallest absolute Gasteiger partial charge is 0.426 e. The molecule has 0 aromatic heterocycles. The molecule has 210 valence electrons. The third kappa shape index (κ3) is 7.72. The number of benzene rings is 2. The molecule has 0 amide bonds. The van der Waals surface area contributed by atoms with Crippen LogP contribution in [0.1, 0.15) is 114 Å². The van der Waals surface area contributed by atoms with Crippen LogP contribution in [0.2, 0.25) is 0 Å². The monoisotopic (exact) mass is 536 g/mol. The second-order valence-electron chi connectivity index (χ2n) is 11.6. The Labute approximate surface area is 224 Å². The Balaban J connectivity index is 1.21. The Bertz CT molecular complexity index is 982. The first kappa shape index (κ1) is 28.9. The van der Waals surface area contributed by atoms with Gasteiger partial charge in [0, 0.05) is 12.1 Å². The van der Waals surface area contributed by atoms with Crippen LogP contribution in [0, 0.1) is 35.2 Å². The number of hydrogen-bond donors (Lipinski definition) is 0. The van der Waals surface area contributed by atoms with Gasteiger partial charge in [-0.05, 0) is 67.1 Å². The van der Waals surface area contributed by atoms with Gasteiger partial charge >= 0.3 is 6.11 Å². The molecule has 2 saturated carbocycles. The number of rotatable bonds is 11. The summed E-state index contributed by atoms with van der Waals surface area (Å²) >= 11 is 0. The summed E-state index contributed by atoms with van der Waals surface area (Å²) in [5.41, 5.74) is 0.614. The normalized spacial score (nSPS) is 24.4. The van der Waals surface area contributed by atoms with Crippen molar-refractivity contribution in [1.82, 2.24) is 0 Å².